The van der Waals surface area contributed by atoms with E-state index in [2.05, 4.69) is 47.1 Å². The predicted molar refractivity (Wildman–Crippen MR) is 149 cm³/mol. The van der Waals surface area contributed by atoms with Crippen LogP contribution in [0.1, 0.15) is 41.4 Å². The maximum absolute atomic E-state index is 14.4. The highest BCUT2D eigenvalue weighted by Crippen LogP contribution is 2.63. The second kappa shape index (κ2) is 7.93. The minimum absolute atomic E-state index is 0.121. The summed E-state index contributed by atoms with van der Waals surface area (Å²) in [7, 11) is 3.70. The van der Waals surface area contributed by atoms with Gasteiger partial charge >= 0.3 is 0 Å². The first-order valence-corrected chi connectivity index (χ1v) is 13.6. The summed E-state index contributed by atoms with van der Waals surface area (Å²) < 4.78 is 8.38. The van der Waals surface area contributed by atoms with Crippen LogP contribution in [0.4, 0.5) is 5.69 Å². The molecule has 2 fully saturated rings. The number of hydrogen-bond acceptors (Lipinski definition) is 4. The van der Waals surface area contributed by atoms with Gasteiger partial charge in [0.2, 0.25) is 5.78 Å². The van der Waals surface area contributed by atoms with Gasteiger partial charge in [0, 0.05) is 59.4 Å². The Labute approximate surface area is 223 Å². The van der Waals surface area contributed by atoms with E-state index in [1.165, 1.54) is 11.1 Å². The number of ether oxygens (including phenoxy) is 1. The first-order chi connectivity index (χ1) is 18.4. The Hall–Kier alpha value is -3.64. The molecule has 2 aromatic carbocycles. The highest BCUT2D eigenvalue weighted by atomic mass is 16.5. The first-order valence-electron chi connectivity index (χ1n) is 13.6. The second-order valence-corrected chi connectivity index (χ2v) is 11.6. The van der Waals surface area contributed by atoms with E-state index in [1.54, 1.807) is 7.11 Å². The molecule has 2 saturated heterocycles. The third-order valence-corrected chi connectivity index (χ3v) is 10.3. The fourth-order valence-corrected chi connectivity index (χ4v) is 8.52. The van der Waals surface area contributed by atoms with Crippen LogP contribution in [-0.4, -0.2) is 53.9 Å². The number of piperidine rings is 1. The highest BCUT2D eigenvalue weighted by molar-refractivity contribution is 6.10. The zero-order valence-corrected chi connectivity index (χ0v) is 22.5. The maximum atomic E-state index is 14.4. The van der Waals surface area contributed by atoms with Gasteiger partial charge in [-0.2, -0.15) is 0 Å². The summed E-state index contributed by atoms with van der Waals surface area (Å²) in [5.74, 6) is 1.08. The van der Waals surface area contributed by atoms with E-state index in [0.717, 1.165) is 81.6 Å². The minimum Gasteiger partial charge on any atom is -0.497 e. The van der Waals surface area contributed by atoms with Gasteiger partial charge in [-0.15, -0.1) is 0 Å². The van der Waals surface area contributed by atoms with Crippen LogP contribution in [0.2, 0.25) is 0 Å². The lowest BCUT2D eigenvalue weighted by Gasteiger charge is -2.53. The molecule has 4 aliphatic rings. The van der Waals surface area contributed by atoms with Crippen molar-refractivity contribution in [2.24, 2.45) is 13.0 Å². The summed E-state index contributed by atoms with van der Waals surface area (Å²) in [4.78, 5) is 26.9. The highest BCUT2D eigenvalue weighted by Gasteiger charge is 2.68. The summed E-state index contributed by atoms with van der Waals surface area (Å²) in [6, 6.07) is 14.8. The molecule has 38 heavy (non-hydrogen) atoms. The molecule has 4 atom stereocenters. The Morgan fingerprint density at radius 1 is 1.26 bits per heavy atom. The molecule has 1 aliphatic carbocycles. The summed E-state index contributed by atoms with van der Waals surface area (Å²) in [5, 5.41) is 4.65. The molecule has 2 bridgehead atoms. The molecule has 0 amide bonds. The molecule has 4 heterocycles. The van der Waals surface area contributed by atoms with Crippen molar-refractivity contribution in [3.05, 3.63) is 82.2 Å². The number of benzene rings is 2. The molecule has 0 unspecified atom stereocenters. The third kappa shape index (κ3) is 2.76. The minimum atomic E-state index is -0.236. The Bertz CT molecular complexity index is 1610. The number of carbonyl (C=O) groups is 2. The van der Waals surface area contributed by atoms with E-state index in [0.29, 0.717) is 6.54 Å². The fraction of sp³-hybridized carbons (Fsp3) is 0.375. The summed E-state index contributed by atoms with van der Waals surface area (Å²) in [6.07, 6.45) is 5.13. The van der Waals surface area contributed by atoms with Crippen molar-refractivity contribution in [3.8, 4) is 5.75 Å². The number of aromatic nitrogens is 1. The number of anilines is 1. The number of methoxy groups -OCH3 is 1. The quantitative estimate of drug-likeness (QED) is 0.226. The molecule has 3 aromatic rings. The summed E-state index contributed by atoms with van der Waals surface area (Å²) >= 11 is 0. The molecule has 3 aliphatic heterocycles. The monoisotopic (exact) mass is 508 g/mol. The van der Waals surface area contributed by atoms with E-state index in [9.17, 15) is 9.59 Å². The molecule has 7 rings (SSSR count). The lowest BCUT2D eigenvalue weighted by molar-refractivity contribution is -0.934. The number of carbonyl (C=O) groups excluding carboxylic acids is 2. The van der Waals surface area contributed by atoms with Gasteiger partial charge < -0.3 is 19.1 Å². The number of nitrogens with one attached hydrogen (secondary N) is 1. The van der Waals surface area contributed by atoms with Crippen molar-refractivity contribution in [3.63, 3.8) is 0 Å². The van der Waals surface area contributed by atoms with Crippen molar-refractivity contribution in [1.82, 2.24) is 4.57 Å². The van der Waals surface area contributed by atoms with Gasteiger partial charge in [0.15, 0.2) is 0 Å². The predicted octanol–water partition coefficient (Wildman–Crippen LogP) is 5.06. The van der Waals surface area contributed by atoms with Gasteiger partial charge in [0.25, 0.3) is 0 Å². The Morgan fingerprint density at radius 2 is 2.08 bits per heavy atom. The molecular formula is C32H34N3O3+. The number of Topliss-reactive ketones (excluding diaryl/α,β-unsaturated/α-hetero) is 1. The number of aldehydes is 1. The van der Waals surface area contributed by atoms with Crippen molar-refractivity contribution in [2.75, 3.05) is 32.1 Å². The van der Waals surface area contributed by atoms with Crippen molar-refractivity contribution in [2.45, 2.75) is 38.1 Å². The molecular weight excluding hydrogens is 474 g/mol. The molecule has 194 valence electrons. The molecule has 6 heteroatoms. The van der Waals surface area contributed by atoms with Gasteiger partial charge in [-0.3, -0.25) is 9.59 Å². The normalized spacial score (nSPS) is 29.8. The zero-order valence-electron chi connectivity index (χ0n) is 22.5. The Kier molecular flexibility index (Phi) is 4.90. The fourth-order valence-electron chi connectivity index (χ4n) is 8.52. The molecule has 0 radical (unpaired) electrons. The standard InChI is InChI=1S/C32H33N3O3/c1-5-20-16-35(17-28(37)30-19(2)34(3)27-11-10-21(38-4)14-23(27)30)13-12-32-25-8-6-7-9-26(25)33-31(32)24(18-36)22(20)15-29(32)35/h5-11,14,18,22,29H,12-13,15-17H2,1-4H3/p+1/b20-5-/t22-,29-,32+,35+/m0/s1. The number of fused-ring (bicyclic) bond motifs is 3. The van der Waals surface area contributed by atoms with Crippen LogP contribution < -0.4 is 10.1 Å². The van der Waals surface area contributed by atoms with Gasteiger partial charge in [-0.25, -0.2) is 0 Å². The largest absolute Gasteiger partial charge is 0.497 e. The molecule has 1 N–H and O–H groups in total. The number of quaternary nitrogens is 1. The number of nitrogens with zero attached hydrogens (tertiary/aromatic N) is 2. The van der Waals surface area contributed by atoms with Gasteiger partial charge in [-0.1, -0.05) is 24.3 Å². The first kappa shape index (κ1) is 23.5. The van der Waals surface area contributed by atoms with Crippen molar-refractivity contribution >= 4 is 28.7 Å². The molecule has 1 aromatic heterocycles. The smallest absolute Gasteiger partial charge is 0.219 e. The zero-order chi connectivity index (χ0) is 26.4. The van der Waals surface area contributed by atoms with Gasteiger partial charge in [0.05, 0.1) is 24.6 Å². The van der Waals surface area contributed by atoms with Gasteiger partial charge in [-0.05, 0) is 49.2 Å². The average molecular weight is 509 g/mol. The van der Waals surface area contributed by atoms with Crippen LogP contribution in [0.25, 0.3) is 10.9 Å². The number of hydrogen-bond donors (Lipinski definition) is 1. The number of para-hydroxylation sites is 1. The SMILES string of the molecule is C/C=C1/C[N@@+]2(CC(=O)c3c(C)n(C)c4ccc(OC)cc34)CC[C@]34C(=C(C=O)[C@H]1C[C@@H]32)Nc1ccccc14. The number of rotatable bonds is 5. The lowest BCUT2D eigenvalue weighted by atomic mass is 9.61. The topological polar surface area (TPSA) is 60.3 Å². The molecule has 1 spiro atoms. The molecule has 6 nitrogen and oxygen atoms in total. The van der Waals surface area contributed by atoms with E-state index in [4.69, 9.17) is 4.74 Å². The van der Waals surface area contributed by atoms with E-state index < -0.39 is 0 Å². The van der Waals surface area contributed by atoms with Gasteiger partial charge in [0.1, 0.15) is 31.2 Å². The van der Waals surface area contributed by atoms with Crippen LogP contribution in [0.15, 0.2) is 65.4 Å². The number of allylic oxidation sites excluding steroid dienone is 2. The summed E-state index contributed by atoms with van der Waals surface area (Å²) in [6.45, 7) is 6.32. The number of ketones is 1. The third-order valence-electron chi connectivity index (χ3n) is 10.3. The lowest BCUT2D eigenvalue weighted by Crippen LogP contribution is -2.64. The number of aryl methyl sites for hydroxylation is 1. The Balaban J connectivity index is 1.38. The van der Waals surface area contributed by atoms with E-state index in [1.807, 2.05) is 32.2 Å². The van der Waals surface area contributed by atoms with E-state index in [-0.39, 0.29) is 23.2 Å². The van der Waals surface area contributed by atoms with E-state index >= 15 is 0 Å². The van der Waals surface area contributed by atoms with Crippen molar-refractivity contribution < 1.29 is 18.8 Å². The van der Waals surface area contributed by atoms with Crippen LogP contribution in [0, 0.1) is 12.8 Å². The van der Waals surface area contributed by atoms with Crippen LogP contribution >= 0.6 is 0 Å². The van der Waals surface area contributed by atoms with Crippen LogP contribution in [-0.2, 0) is 17.3 Å². The Morgan fingerprint density at radius 3 is 2.84 bits per heavy atom. The van der Waals surface area contributed by atoms with Crippen LogP contribution in [0.5, 0.6) is 5.75 Å². The van der Waals surface area contributed by atoms with Crippen LogP contribution in [0.3, 0.4) is 0 Å². The second-order valence-electron chi connectivity index (χ2n) is 11.6. The maximum Gasteiger partial charge on any atom is 0.219 e. The van der Waals surface area contributed by atoms with Crippen molar-refractivity contribution in [1.29, 1.82) is 0 Å². The summed E-state index contributed by atoms with van der Waals surface area (Å²) in [5.41, 5.74) is 8.30. The molecule has 0 saturated carbocycles. The average Bonchev–Trinajstić information content (AvgIpc) is 3.54.